The van der Waals surface area contributed by atoms with E-state index in [2.05, 4.69) is 4.74 Å². The lowest BCUT2D eigenvalue weighted by Gasteiger charge is -2.31. The van der Waals surface area contributed by atoms with Crippen LogP contribution in [0.1, 0.15) is 34.1 Å². The molecule has 0 atom stereocenters. The van der Waals surface area contributed by atoms with Crippen LogP contribution in [0.15, 0.2) is 0 Å². The van der Waals surface area contributed by atoms with E-state index in [0.29, 0.717) is 6.54 Å². The van der Waals surface area contributed by atoms with E-state index >= 15 is 0 Å². The van der Waals surface area contributed by atoms with Gasteiger partial charge in [0.05, 0.1) is 13.5 Å². The number of carbonyl (C=O) groups is 1. The lowest BCUT2D eigenvalue weighted by atomic mass is 10.2. The third-order valence-corrected chi connectivity index (χ3v) is 4.80. The maximum atomic E-state index is 12.4. The van der Waals surface area contributed by atoms with Gasteiger partial charge >= 0.3 is 5.97 Å². The molecule has 0 aliphatic carbocycles. The number of rotatable bonds is 8. The number of hydrogen-bond donors (Lipinski definition) is 0. The smallest absolute Gasteiger partial charge is 0.306 e. The van der Waals surface area contributed by atoms with E-state index in [-0.39, 0.29) is 24.9 Å². The molecule has 0 bridgehead atoms. The highest BCUT2D eigenvalue weighted by molar-refractivity contribution is 7.86. The zero-order valence-corrected chi connectivity index (χ0v) is 13.5. The van der Waals surface area contributed by atoms with Crippen molar-refractivity contribution in [2.75, 3.05) is 27.2 Å². The molecule has 0 saturated carbocycles. The van der Waals surface area contributed by atoms with E-state index in [1.54, 1.807) is 0 Å². The van der Waals surface area contributed by atoms with Crippen LogP contribution in [0, 0.1) is 5.92 Å². The topological polar surface area (TPSA) is 66.9 Å². The summed E-state index contributed by atoms with van der Waals surface area (Å²) < 4.78 is 32.0. The van der Waals surface area contributed by atoms with Gasteiger partial charge in [-0.05, 0) is 19.8 Å². The average Bonchev–Trinajstić information content (AvgIpc) is 2.31. The van der Waals surface area contributed by atoms with Crippen LogP contribution < -0.4 is 0 Å². The summed E-state index contributed by atoms with van der Waals surface area (Å²) in [5.41, 5.74) is 0. The molecule has 0 fully saturated rings. The minimum absolute atomic E-state index is 0.0554. The maximum Gasteiger partial charge on any atom is 0.306 e. The molecule has 0 aromatic heterocycles. The molecular formula is C12H26N2O4S. The van der Waals surface area contributed by atoms with Crippen molar-refractivity contribution in [3.05, 3.63) is 0 Å². The van der Waals surface area contributed by atoms with Gasteiger partial charge in [-0.15, -0.1) is 0 Å². The van der Waals surface area contributed by atoms with Crippen molar-refractivity contribution in [3.8, 4) is 0 Å². The molecule has 0 aromatic rings. The first kappa shape index (κ1) is 18.3. The third kappa shape index (κ3) is 5.88. The number of hydrogen-bond acceptors (Lipinski definition) is 4. The number of carbonyl (C=O) groups excluding carboxylic acids is 1. The second-order valence-electron chi connectivity index (χ2n) is 5.21. The van der Waals surface area contributed by atoms with E-state index in [1.807, 2.05) is 27.7 Å². The summed E-state index contributed by atoms with van der Waals surface area (Å²) in [6.07, 6.45) is 0.0554. The zero-order valence-electron chi connectivity index (χ0n) is 12.7. The summed E-state index contributed by atoms with van der Waals surface area (Å²) in [6, 6.07) is -0.118. The van der Waals surface area contributed by atoms with Crippen LogP contribution in [0.4, 0.5) is 0 Å². The minimum atomic E-state index is -3.54. The van der Waals surface area contributed by atoms with Crippen LogP contribution in [0.25, 0.3) is 0 Å². The van der Waals surface area contributed by atoms with Gasteiger partial charge in [-0.1, -0.05) is 13.8 Å². The first-order valence-corrected chi connectivity index (χ1v) is 7.82. The number of ether oxygens (including phenoxy) is 1. The van der Waals surface area contributed by atoms with E-state index < -0.39 is 16.2 Å². The van der Waals surface area contributed by atoms with E-state index in [1.165, 1.54) is 22.8 Å². The fraction of sp³-hybridized carbons (Fsp3) is 0.917. The molecule has 114 valence electrons. The van der Waals surface area contributed by atoms with Crippen molar-refractivity contribution >= 4 is 16.2 Å². The van der Waals surface area contributed by atoms with Crippen LogP contribution in [-0.2, 0) is 19.7 Å². The van der Waals surface area contributed by atoms with Crippen LogP contribution in [-0.4, -0.2) is 56.3 Å². The van der Waals surface area contributed by atoms with Crippen molar-refractivity contribution in [1.82, 2.24) is 8.61 Å². The Morgan fingerprint density at radius 3 is 2.11 bits per heavy atom. The van der Waals surface area contributed by atoms with E-state index in [4.69, 9.17) is 0 Å². The summed E-state index contributed by atoms with van der Waals surface area (Å²) in [5.74, 6) is -0.173. The van der Waals surface area contributed by atoms with Crippen molar-refractivity contribution < 1.29 is 17.9 Å². The van der Waals surface area contributed by atoms with Gasteiger partial charge in [-0.3, -0.25) is 4.79 Å². The molecule has 0 heterocycles. The second kappa shape index (κ2) is 7.81. The van der Waals surface area contributed by atoms with Gasteiger partial charge in [0.1, 0.15) is 0 Å². The Morgan fingerprint density at radius 1 is 1.21 bits per heavy atom. The quantitative estimate of drug-likeness (QED) is 0.629. The number of esters is 1. The molecule has 0 saturated heterocycles. The summed E-state index contributed by atoms with van der Waals surface area (Å²) in [5, 5.41) is 0. The van der Waals surface area contributed by atoms with Crippen LogP contribution in [0.5, 0.6) is 0 Å². The molecule has 6 nitrogen and oxygen atoms in total. The van der Waals surface area contributed by atoms with E-state index in [0.717, 1.165) is 0 Å². The van der Waals surface area contributed by atoms with Gasteiger partial charge in [0.25, 0.3) is 10.2 Å². The Labute approximate surface area is 116 Å². The largest absolute Gasteiger partial charge is 0.469 e. The summed E-state index contributed by atoms with van der Waals surface area (Å²) in [7, 11) is -0.773. The van der Waals surface area contributed by atoms with Crippen LogP contribution >= 0.6 is 0 Å². The van der Waals surface area contributed by atoms with Gasteiger partial charge < -0.3 is 4.74 Å². The number of nitrogens with zero attached hydrogens (tertiary/aromatic N) is 2. The Balaban J connectivity index is 4.84. The van der Waals surface area contributed by atoms with Gasteiger partial charge in [0.2, 0.25) is 0 Å². The van der Waals surface area contributed by atoms with Crippen molar-refractivity contribution in [2.45, 2.75) is 40.2 Å². The minimum Gasteiger partial charge on any atom is -0.469 e. The SMILES string of the molecule is COC(=O)CCN(C)S(=O)(=O)N(CC(C)C)C(C)C. The zero-order chi connectivity index (χ0) is 15.2. The monoisotopic (exact) mass is 294 g/mol. The lowest BCUT2D eigenvalue weighted by molar-refractivity contribution is -0.140. The molecule has 0 rings (SSSR count). The molecule has 0 aromatic carbocycles. The standard InChI is InChI=1S/C12H26N2O4S/c1-10(2)9-14(11(3)4)19(16,17)13(5)8-7-12(15)18-6/h10-11H,7-9H2,1-6H3. The normalized spacial score (nSPS) is 12.7. The molecule has 0 unspecified atom stereocenters. The van der Waals surface area contributed by atoms with E-state index in [9.17, 15) is 13.2 Å². The summed E-state index contributed by atoms with van der Waals surface area (Å²) in [4.78, 5) is 11.1. The fourth-order valence-corrected chi connectivity index (χ4v) is 3.28. The predicted octanol–water partition coefficient (Wildman–Crippen LogP) is 1.09. The van der Waals surface area contributed by atoms with Crippen LogP contribution in [0.2, 0.25) is 0 Å². The Morgan fingerprint density at radius 2 is 1.74 bits per heavy atom. The van der Waals surface area contributed by atoms with Crippen molar-refractivity contribution in [1.29, 1.82) is 0 Å². The van der Waals surface area contributed by atoms with Crippen LogP contribution in [0.3, 0.4) is 0 Å². The van der Waals surface area contributed by atoms with Gasteiger partial charge in [-0.2, -0.15) is 17.0 Å². The highest BCUT2D eigenvalue weighted by atomic mass is 32.2. The molecule has 0 spiro atoms. The summed E-state index contributed by atoms with van der Waals surface area (Å²) in [6.45, 7) is 8.21. The Kier molecular flexibility index (Phi) is 7.54. The highest BCUT2D eigenvalue weighted by Gasteiger charge is 2.29. The fourth-order valence-electron chi connectivity index (χ4n) is 1.58. The van der Waals surface area contributed by atoms with Crippen molar-refractivity contribution in [2.24, 2.45) is 5.92 Å². The van der Waals surface area contributed by atoms with Gasteiger partial charge in [0.15, 0.2) is 0 Å². The Bertz CT molecular complexity index is 379. The van der Waals surface area contributed by atoms with Gasteiger partial charge in [0, 0.05) is 26.2 Å². The first-order chi connectivity index (χ1) is 8.62. The van der Waals surface area contributed by atoms with Crippen molar-refractivity contribution in [3.63, 3.8) is 0 Å². The lowest BCUT2D eigenvalue weighted by Crippen LogP contribution is -2.47. The molecule has 19 heavy (non-hydrogen) atoms. The highest BCUT2D eigenvalue weighted by Crippen LogP contribution is 2.14. The maximum absolute atomic E-state index is 12.4. The molecule has 0 aliphatic heterocycles. The Hall–Kier alpha value is -0.660. The van der Waals surface area contributed by atoms with Gasteiger partial charge in [-0.25, -0.2) is 0 Å². The molecule has 0 aliphatic rings. The molecule has 0 N–H and O–H groups in total. The summed E-state index contributed by atoms with van der Waals surface area (Å²) >= 11 is 0. The number of methoxy groups -OCH3 is 1. The third-order valence-electron chi connectivity index (χ3n) is 2.67. The molecular weight excluding hydrogens is 268 g/mol. The first-order valence-electron chi connectivity index (χ1n) is 6.42. The molecule has 0 amide bonds. The second-order valence-corrected chi connectivity index (χ2v) is 7.20. The molecule has 0 radical (unpaired) electrons. The average molecular weight is 294 g/mol. The predicted molar refractivity (Wildman–Crippen MR) is 74.9 cm³/mol. The molecule has 7 heteroatoms.